The van der Waals surface area contributed by atoms with E-state index in [2.05, 4.69) is 99.8 Å². The first-order chi connectivity index (χ1) is 34.6. The number of fused-ring (bicyclic) bond motifs is 3. The molecule has 72 heavy (non-hydrogen) atoms. The zero-order valence-electron chi connectivity index (χ0n) is 43.2. The lowest BCUT2D eigenvalue weighted by atomic mass is 10.0. The van der Waals surface area contributed by atoms with E-state index in [1.54, 1.807) is 9.80 Å². The van der Waals surface area contributed by atoms with Crippen molar-refractivity contribution in [3.63, 3.8) is 0 Å². The maximum Gasteiger partial charge on any atom is 0.410 e. The third kappa shape index (κ3) is 12.0. The molecule has 6 heterocycles. The van der Waals surface area contributed by atoms with Gasteiger partial charge in [0, 0.05) is 69.5 Å². The van der Waals surface area contributed by atoms with Crippen molar-refractivity contribution in [2.75, 3.05) is 44.2 Å². The minimum absolute atomic E-state index is 0.188. The monoisotopic (exact) mass is 979 g/mol. The Labute approximate surface area is 422 Å². The van der Waals surface area contributed by atoms with Crippen molar-refractivity contribution in [3.8, 4) is 18.6 Å². The van der Waals surface area contributed by atoms with E-state index in [1.165, 1.54) is 11.1 Å². The van der Waals surface area contributed by atoms with Crippen LogP contribution in [0.4, 0.5) is 15.3 Å². The number of likely N-dealkylation sites (tertiary alicyclic amines) is 2. The first kappa shape index (κ1) is 52.5. The number of hydrogen-bond donors (Lipinski definition) is 1. The van der Waals surface area contributed by atoms with E-state index in [-0.39, 0.29) is 24.3 Å². The van der Waals surface area contributed by atoms with Gasteiger partial charge >= 0.3 is 12.2 Å². The molecule has 4 aliphatic rings. The maximum absolute atomic E-state index is 12.3. The van der Waals surface area contributed by atoms with E-state index in [1.807, 2.05) is 90.5 Å². The lowest BCUT2D eigenvalue weighted by Gasteiger charge is -2.38. The van der Waals surface area contributed by atoms with E-state index >= 15 is 0 Å². The number of amidine groups is 1. The van der Waals surface area contributed by atoms with Gasteiger partial charge in [-0.3, -0.25) is 0 Å². The first-order valence-electron chi connectivity index (χ1n) is 25.4. The van der Waals surface area contributed by atoms with Gasteiger partial charge in [-0.05, 0) is 143 Å². The molecular formula is C54H70N14O4. The highest BCUT2D eigenvalue weighted by Gasteiger charge is 2.36. The average Bonchev–Trinajstić information content (AvgIpc) is 4.00. The predicted molar refractivity (Wildman–Crippen MR) is 277 cm³/mol. The Balaban J connectivity index is 0.000000160. The van der Waals surface area contributed by atoms with E-state index in [0.717, 1.165) is 98.4 Å². The summed E-state index contributed by atoms with van der Waals surface area (Å²) >= 11 is 0. The quantitative estimate of drug-likeness (QED) is 0.168. The Kier molecular flexibility index (Phi) is 16.9. The van der Waals surface area contributed by atoms with Crippen molar-refractivity contribution in [1.29, 1.82) is 15.8 Å². The van der Waals surface area contributed by atoms with Crippen LogP contribution in [0.1, 0.15) is 112 Å². The number of amides is 2. The average molecular weight is 979 g/mol. The smallest absolute Gasteiger partial charge is 0.410 e. The fraction of sp³-hybridized carbons (Fsp3) is 0.519. The van der Waals surface area contributed by atoms with Gasteiger partial charge in [0.25, 0.3) is 0 Å². The van der Waals surface area contributed by atoms with Crippen LogP contribution in [0, 0.1) is 34.4 Å². The number of benzene rings is 3. The number of nitrogens with one attached hydrogen (secondary N) is 1. The summed E-state index contributed by atoms with van der Waals surface area (Å²) in [5, 5.41) is 30.6. The molecule has 1 N–H and O–H groups in total. The summed E-state index contributed by atoms with van der Waals surface area (Å²) in [6.45, 7) is 21.6. The number of para-hydroxylation sites is 5. The molecule has 3 saturated heterocycles. The van der Waals surface area contributed by atoms with Crippen LogP contribution < -0.4 is 21.5 Å². The molecule has 0 atom stereocenters. The molecule has 0 spiro atoms. The third-order valence-electron chi connectivity index (χ3n) is 13.4. The van der Waals surface area contributed by atoms with Crippen LogP contribution >= 0.6 is 0 Å². The number of carbonyl (C=O) groups excluding carboxylic acids is 2. The van der Waals surface area contributed by atoms with Crippen LogP contribution in [-0.4, -0.2) is 103 Å². The summed E-state index contributed by atoms with van der Waals surface area (Å²) in [5.41, 5.74) is 7.30. The van der Waals surface area contributed by atoms with Gasteiger partial charge in [-0.1, -0.05) is 42.5 Å². The molecule has 18 heteroatoms. The summed E-state index contributed by atoms with van der Waals surface area (Å²) in [6, 6.07) is 25.5. The molecular weight excluding hydrogens is 909 g/mol. The maximum atomic E-state index is 12.3. The van der Waals surface area contributed by atoms with Crippen molar-refractivity contribution in [2.24, 2.45) is 15.0 Å². The molecule has 9 rings (SSSR count). The minimum Gasteiger partial charge on any atom is -0.444 e. The molecule has 5 aromatic rings. The number of aliphatic imine (C=N–C) groups is 1. The lowest BCUT2D eigenvalue weighted by Crippen LogP contribution is -2.49. The second kappa shape index (κ2) is 23.2. The van der Waals surface area contributed by atoms with E-state index < -0.39 is 11.2 Å². The molecule has 380 valence electrons. The minimum atomic E-state index is -0.490. The molecule has 18 nitrogen and oxygen atoms in total. The van der Waals surface area contributed by atoms with Crippen LogP contribution in [0.5, 0.6) is 0 Å². The molecule has 0 radical (unpaired) electrons. The summed E-state index contributed by atoms with van der Waals surface area (Å²) in [6.07, 6.45) is 11.4. The molecule has 3 aromatic carbocycles. The van der Waals surface area contributed by atoms with E-state index in [9.17, 15) is 14.9 Å². The number of anilines is 1. The third-order valence-corrected chi connectivity index (χ3v) is 13.4. The van der Waals surface area contributed by atoms with Crippen molar-refractivity contribution >= 4 is 45.8 Å². The first-order valence-corrected chi connectivity index (χ1v) is 25.4. The number of hydrogen-bond acceptors (Lipinski definition) is 11. The Morgan fingerprint density at radius 1 is 0.583 bits per heavy atom. The highest BCUT2D eigenvalue weighted by atomic mass is 16.6. The summed E-state index contributed by atoms with van der Waals surface area (Å²) in [5.74, 6) is 0.805. The largest absolute Gasteiger partial charge is 0.444 e. The van der Waals surface area contributed by atoms with Gasteiger partial charge in [0.15, 0.2) is 0 Å². The number of carbonyl (C=O) groups is 2. The Hall–Kier alpha value is -7.36. The second-order valence-electron chi connectivity index (χ2n) is 20.4. The normalized spacial score (nSPS) is 17.9. The number of aryl methyl sites for hydroxylation is 2. The fourth-order valence-electron chi connectivity index (χ4n) is 10.3. The SMILES string of the molecule is CC(C)(C)OC(=O)N1CCC(N2C(=NC#N)Cc3ccccc32)CC1.CCn1c(=NC#N)n(C2CCN(C(=O)OC(C)(C)C)CC2)c2ccccc21.CCn1c(=NC#N)n(C2CCNCC2)c2ccccc21. The van der Waals surface area contributed by atoms with E-state index in [0.29, 0.717) is 44.3 Å². The van der Waals surface area contributed by atoms with Crippen molar-refractivity contribution in [3.05, 3.63) is 89.6 Å². The zero-order valence-corrected chi connectivity index (χ0v) is 43.2. The molecule has 0 unspecified atom stereocenters. The molecule has 2 aromatic heterocycles. The topological polar surface area (TPSA) is 203 Å². The van der Waals surface area contributed by atoms with E-state index in [4.69, 9.17) is 20.0 Å². The standard InChI is InChI=1S/C20H27N5O2.C19H24N4O2.C15H19N5/c1-5-24-16-8-6-7-9-17(16)25(18(24)22-14-21)15-10-12-23(13-11-15)19(26)27-20(2,3)4;1-19(2,3)25-18(24)22-10-8-15(9-11-22)23-16-7-5-4-6-14(16)12-17(23)21-13-20;1-2-19-13-5-3-4-6-14(13)20(15(19)18-11-16)12-7-9-17-10-8-12/h6-9,15H,5,10-13H2,1-4H3;4-7,15H,8-12H2,1-3H3;3-6,12,17H,2,7-10H2,1H3. The summed E-state index contributed by atoms with van der Waals surface area (Å²) < 4.78 is 19.6. The molecule has 0 aliphatic carbocycles. The van der Waals surface area contributed by atoms with Gasteiger partial charge < -0.3 is 47.8 Å². The number of piperidine rings is 3. The predicted octanol–water partition coefficient (Wildman–Crippen LogP) is 8.51. The van der Waals surface area contributed by atoms with Crippen molar-refractivity contribution in [2.45, 2.75) is 143 Å². The van der Waals surface area contributed by atoms with Crippen molar-refractivity contribution < 1.29 is 19.1 Å². The van der Waals surface area contributed by atoms with Crippen LogP contribution in [0.2, 0.25) is 0 Å². The highest BCUT2D eigenvalue weighted by Crippen LogP contribution is 2.34. The number of nitrogens with zero attached hydrogens (tertiary/aromatic N) is 13. The van der Waals surface area contributed by atoms with Gasteiger partial charge in [-0.2, -0.15) is 20.8 Å². The number of aromatic nitrogens is 4. The van der Waals surface area contributed by atoms with Crippen molar-refractivity contribution in [1.82, 2.24) is 33.4 Å². The number of imidazole rings is 2. The summed E-state index contributed by atoms with van der Waals surface area (Å²) in [4.78, 5) is 42.5. The van der Waals surface area contributed by atoms with Crippen LogP contribution in [0.15, 0.2) is 87.8 Å². The highest BCUT2D eigenvalue weighted by molar-refractivity contribution is 6.06. The Morgan fingerprint density at radius 3 is 1.42 bits per heavy atom. The van der Waals surface area contributed by atoms with Crippen LogP contribution in [-0.2, 0) is 29.0 Å². The Bertz CT molecular complexity index is 3010. The molecule has 0 saturated carbocycles. The lowest BCUT2D eigenvalue weighted by molar-refractivity contribution is 0.0183. The van der Waals surface area contributed by atoms with Gasteiger partial charge in [0.2, 0.25) is 29.8 Å². The zero-order chi connectivity index (χ0) is 51.6. The number of ether oxygens (including phenoxy) is 2. The molecule has 3 fully saturated rings. The van der Waals surface area contributed by atoms with Crippen LogP contribution in [0.25, 0.3) is 22.1 Å². The van der Waals surface area contributed by atoms with Crippen LogP contribution in [0.3, 0.4) is 0 Å². The fourth-order valence-corrected chi connectivity index (χ4v) is 10.3. The summed E-state index contributed by atoms with van der Waals surface area (Å²) in [7, 11) is 0. The number of nitriles is 3. The molecule has 4 aliphatic heterocycles. The van der Waals surface area contributed by atoms with Gasteiger partial charge in [-0.25, -0.2) is 9.59 Å². The number of rotatable bonds is 5. The second-order valence-corrected chi connectivity index (χ2v) is 20.4. The Morgan fingerprint density at radius 2 is 0.986 bits per heavy atom. The van der Waals surface area contributed by atoms with Gasteiger partial charge in [0.05, 0.1) is 22.1 Å². The van der Waals surface area contributed by atoms with Gasteiger partial charge in [-0.15, -0.1) is 9.98 Å². The molecule has 0 bridgehead atoms. The van der Waals surface area contributed by atoms with Gasteiger partial charge in [0.1, 0.15) is 17.0 Å². The molecule has 2 amide bonds.